The molecule has 0 spiro atoms. The summed E-state index contributed by atoms with van der Waals surface area (Å²) in [4.78, 5) is 12.3. The molecule has 3 heteroatoms. The summed E-state index contributed by atoms with van der Waals surface area (Å²) < 4.78 is 2.02. The summed E-state index contributed by atoms with van der Waals surface area (Å²) in [6, 6.07) is 7.84. The van der Waals surface area contributed by atoms with Crippen LogP contribution in [-0.4, -0.2) is 15.9 Å². The Labute approximate surface area is 107 Å². The van der Waals surface area contributed by atoms with Gasteiger partial charge in [0.2, 0.25) is 0 Å². The van der Waals surface area contributed by atoms with Gasteiger partial charge in [-0.1, -0.05) is 24.3 Å². The van der Waals surface area contributed by atoms with Gasteiger partial charge in [-0.2, -0.15) is 0 Å². The average molecular weight is 242 g/mol. The maximum Gasteiger partial charge on any atom is 0.184 e. The second-order valence-corrected chi connectivity index (χ2v) is 5.05. The third-order valence-corrected chi connectivity index (χ3v) is 2.94. The Hall–Kier alpha value is -1.87. The molecule has 0 aliphatic heterocycles. The number of nitrogens with two attached hydrogens (primary N) is 1. The van der Waals surface area contributed by atoms with Crippen molar-refractivity contribution in [2.45, 2.75) is 25.9 Å². The number of Topliss-reactive ketones (excluding diaryl/α,β-unsaturated/α-hetero) is 1. The minimum atomic E-state index is -0.858. The first-order chi connectivity index (χ1) is 8.45. The van der Waals surface area contributed by atoms with E-state index in [1.165, 1.54) is 0 Å². The highest BCUT2D eigenvalue weighted by Crippen LogP contribution is 2.24. The van der Waals surface area contributed by atoms with Crippen LogP contribution in [0.5, 0.6) is 0 Å². The molecule has 0 aliphatic rings. The van der Waals surface area contributed by atoms with Gasteiger partial charge in [0.1, 0.15) is 0 Å². The standard InChI is InChI=1S/C15H18N2O/c1-4-9-17-10-12(14(18)15(2,3)16)11-7-5-6-8-13(11)17/h4-8,10H,1,9,16H2,2-3H3. The minimum Gasteiger partial charge on any atom is -0.343 e. The van der Waals surface area contributed by atoms with Crippen molar-refractivity contribution in [1.82, 2.24) is 4.57 Å². The zero-order chi connectivity index (χ0) is 13.3. The van der Waals surface area contributed by atoms with Gasteiger partial charge in [-0.25, -0.2) is 0 Å². The van der Waals surface area contributed by atoms with Gasteiger partial charge in [-0.05, 0) is 19.9 Å². The molecule has 0 radical (unpaired) electrons. The smallest absolute Gasteiger partial charge is 0.184 e. The fraction of sp³-hybridized carbons (Fsp3) is 0.267. The number of rotatable bonds is 4. The molecule has 1 heterocycles. The number of fused-ring (bicyclic) bond motifs is 1. The number of allylic oxidation sites excluding steroid dienone is 1. The van der Waals surface area contributed by atoms with Gasteiger partial charge in [0.05, 0.1) is 5.54 Å². The molecular weight excluding hydrogens is 224 g/mol. The van der Waals surface area contributed by atoms with E-state index in [4.69, 9.17) is 5.73 Å². The molecule has 0 aliphatic carbocycles. The summed E-state index contributed by atoms with van der Waals surface area (Å²) in [6.45, 7) is 7.88. The zero-order valence-electron chi connectivity index (χ0n) is 10.8. The zero-order valence-corrected chi connectivity index (χ0v) is 10.8. The van der Waals surface area contributed by atoms with E-state index < -0.39 is 5.54 Å². The number of hydrogen-bond donors (Lipinski definition) is 1. The molecule has 1 aromatic carbocycles. The number of carbonyl (C=O) groups excluding carboxylic acids is 1. The van der Waals surface area contributed by atoms with Crippen molar-refractivity contribution in [2.75, 3.05) is 0 Å². The second kappa shape index (κ2) is 4.42. The summed E-state index contributed by atoms with van der Waals surface area (Å²) >= 11 is 0. The van der Waals surface area contributed by atoms with Gasteiger partial charge in [0.15, 0.2) is 5.78 Å². The second-order valence-electron chi connectivity index (χ2n) is 5.05. The maximum absolute atomic E-state index is 12.3. The molecule has 2 N–H and O–H groups in total. The van der Waals surface area contributed by atoms with Crippen molar-refractivity contribution in [3.63, 3.8) is 0 Å². The Morgan fingerprint density at radius 3 is 2.72 bits per heavy atom. The number of carbonyl (C=O) groups is 1. The van der Waals surface area contributed by atoms with Crippen LogP contribution in [0.3, 0.4) is 0 Å². The van der Waals surface area contributed by atoms with Gasteiger partial charge in [-0.15, -0.1) is 6.58 Å². The summed E-state index contributed by atoms with van der Waals surface area (Å²) in [6.07, 6.45) is 3.68. The van der Waals surface area contributed by atoms with Crippen LogP contribution < -0.4 is 5.73 Å². The number of ketones is 1. The van der Waals surface area contributed by atoms with Crippen molar-refractivity contribution >= 4 is 16.7 Å². The summed E-state index contributed by atoms with van der Waals surface area (Å²) in [5, 5.41) is 0.947. The normalized spacial score (nSPS) is 11.7. The van der Waals surface area contributed by atoms with Gasteiger partial charge in [0, 0.05) is 29.2 Å². The first-order valence-corrected chi connectivity index (χ1v) is 5.97. The number of nitrogens with zero attached hydrogens (tertiary/aromatic N) is 1. The highest BCUT2D eigenvalue weighted by molar-refractivity contribution is 6.12. The summed E-state index contributed by atoms with van der Waals surface area (Å²) in [7, 11) is 0. The lowest BCUT2D eigenvalue weighted by atomic mass is 9.94. The van der Waals surface area contributed by atoms with E-state index in [0.29, 0.717) is 12.1 Å². The molecular formula is C15H18N2O. The van der Waals surface area contributed by atoms with Crippen molar-refractivity contribution < 1.29 is 4.79 Å². The highest BCUT2D eigenvalue weighted by atomic mass is 16.1. The number of hydrogen-bond acceptors (Lipinski definition) is 2. The molecule has 1 aromatic heterocycles. The van der Waals surface area contributed by atoms with Crippen molar-refractivity contribution in [3.05, 3.63) is 48.7 Å². The van der Waals surface area contributed by atoms with Crippen molar-refractivity contribution in [3.8, 4) is 0 Å². The predicted octanol–water partition coefficient (Wildman–Crippen LogP) is 2.75. The third-order valence-electron chi connectivity index (χ3n) is 2.94. The number of benzene rings is 1. The summed E-state index contributed by atoms with van der Waals surface area (Å²) in [5.74, 6) is -0.0403. The molecule has 0 bridgehead atoms. The minimum absolute atomic E-state index is 0.0403. The SMILES string of the molecule is C=CCn1cc(C(=O)C(C)(C)N)c2ccccc21. The summed E-state index contributed by atoms with van der Waals surface area (Å²) in [5.41, 5.74) is 6.76. The largest absolute Gasteiger partial charge is 0.343 e. The van der Waals surface area contributed by atoms with E-state index in [2.05, 4.69) is 6.58 Å². The van der Waals surface area contributed by atoms with Gasteiger partial charge in [-0.3, -0.25) is 4.79 Å². The van der Waals surface area contributed by atoms with E-state index >= 15 is 0 Å². The van der Waals surface area contributed by atoms with E-state index in [0.717, 1.165) is 10.9 Å². The fourth-order valence-electron chi connectivity index (χ4n) is 2.06. The van der Waals surface area contributed by atoms with Crippen LogP contribution in [0.25, 0.3) is 10.9 Å². The Kier molecular flexibility index (Phi) is 3.09. The molecule has 0 amide bonds. The molecule has 0 saturated heterocycles. The first kappa shape index (κ1) is 12.6. The van der Waals surface area contributed by atoms with Gasteiger partial charge < -0.3 is 10.3 Å². The van der Waals surface area contributed by atoms with Crippen LogP contribution in [0, 0.1) is 0 Å². The van der Waals surface area contributed by atoms with Crippen LogP contribution in [0.2, 0.25) is 0 Å². The Balaban J connectivity index is 2.65. The van der Waals surface area contributed by atoms with Crippen LogP contribution in [0.15, 0.2) is 43.1 Å². The maximum atomic E-state index is 12.3. The average Bonchev–Trinajstić information content (AvgIpc) is 2.67. The van der Waals surface area contributed by atoms with E-state index in [1.54, 1.807) is 13.8 Å². The van der Waals surface area contributed by atoms with E-state index in [9.17, 15) is 4.79 Å². The monoisotopic (exact) mass is 242 g/mol. The molecule has 94 valence electrons. The van der Waals surface area contributed by atoms with Crippen LogP contribution in [0.1, 0.15) is 24.2 Å². The molecule has 18 heavy (non-hydrogen) atoms. The lowest BCUT2D eigenvalue weighted by Crippen LogP contribution is -2.41. The van der Waals surface area contributed by atoms with Crippen molar-refractivity contribution in [2.24, 2.45) is 5.73 Å². The lowest BCUT2D eigenvalue weighted by Gasteiger charge is -2.15. The Morgan fingerprint density at radius 1 is 1.44 bits per heavy atom. The quantitative estimate of drug-likeness (QED) is 0.662. The predicted molar refractivity (Wildman–Crippen MR) is 74.7 cm³/mol. The highest BCUT2D eigenvalue weighted by Gasteiger charge is 2.26. The van der Waals surface area contributed by atoms with Crippen LogP contribution in [0.4, 0.5) is 0 Å². The molecule has 2 rings (SSSR count). The number of aromatic nitrogens is 1. The van der Waals surface area contributed by atoms with E-state index in [-0.39, 0.29) is 5.78 Å². The lowest BCUT2D eigenvalue weighted by molar-refractivity contribution is 0.0915. The number of para-hydroxylation sites is 1. The Bertz CT molecular complexity index is 602. The van der Waals surface area contributed by atoms with Gasteiger partial charge in [0.25, 0.3) is 0 Å². The fourth-order valence-corrected chi connectivity index (χ4v) is 2.06. The topological polar surface area (TPSA) is 48.0 Å². The van der Waals surface area contributed by atoms with E-state index in [1.807, 2.05) is 41.1 Å². The van der Waals surface area contributed by atoms with Gasteiger partial charge >= 0.3 is 0 Å². The molecule has 0 saturated carbocycles. The molecule has 2 aromatic rings. The molecule has 0 atom stereocenters. The van der Waals surface area contributed by atoms with Crippen molar-refractivity contribution in [1.29, 1.82) is 0 Å². The third kappa shape index (κ3) is 2.09. The van der Waals surface area contributed by atoms with Crippen LogP contribution in [-0.2, 0) is 6.54 Å². The first-order valence-electron chi connectivity index (χ1n) is 5.97. The molecule has 0 fully saturated rings. The Morgan fingerprint density at radius 2 is 2.11 bits per heavy atom. The van der Waals surface area contributed by atoms with Crippen LogP contribution >= 0.6 is 0 Å². The molecule has 0 unspecified atom stereocenters. The molecule has 3 nitrogen and oxygen atoms in total.